The van der Waals surface area contributed by atoms with Crippen LogP contribution in [0.15, 0.2) is 18.2 Å². The Bertz CT molecular complexity index is 485. The highest BCUT2D eigenvalue weighted by Crippen LogP contribution is 2.23. The number of nitrogens with zero attached hydrogens (tertiary/aromatic N) is 2. The standard InChI is InChI=1S/C18H29N3O/c1-3-15-12-18(22-2)5-4-16(15)13-20-9-6-17(14-20)21-10-7-19-8-11-21/h4-5,12,17,19H,3,6-11,13-14H2,1-2H3. The molecule has 0 spiro atoms. The van der Waals surface area contributed by atoms with Gasteiger partial charge in [0, 0.05) is 51.9 Å². The van der Waals surface area contributed by atoms with Crippen LogP contribution in [0.4, 0.5) is 0 Å². The number of nitrogens with one attached hydrogen (secondary N) is 1. The van der Waals surface area contributed by atoms with Gasteiger partial charge in [-0.25, -0.2) is 0 Å². The van der Waals surface area contributed by atoms with Crippen LogP contribution < -0.4 is 10.1 Å². The molecule has 1 unspecified atom stereocenters. The summed E-state index contributed by atoms with van der Waals surface area (Å²) in [4.78, 5) is 5.29. The summed E-state index contributed by atoms with van der Waals surface area (Å²) in [5, 5.41) is 3.45. The van der Waals surface area contributed by atoms with E-state index in [-0.39, 0.29) is 0 Å². The lowest BCUT2D eigenvalue weighted by atomic mass is 10.0. The Balaban J connectivity index is 1.60. The van der Waals surface area contributed by atoms with Crippen molar-refractivity contribution in [1.29, 1.82) is 0 Å². The third kappa shape index (κ3) is 3.62. The Hall–Kier alpha value is -1.10. The predicted molar refractivity (Wildman–Crippen MR) is 90.5 cm³/mol. The molecule has 0 aromatic heterocycles. The smallest absolute Gasteiger partial charge is 0.119 e. The van der Waals surface area contributed by atoms with Gasteiger partial charge in [-0.15, -0.1) is 0 Å². The summed E-state index contributed by atoms with van der Waals surface area (Å²) in [5.74, 6) is 0.973. The van der Waals surface area contributed by atoms with E-state index in [4.69, 9.17) is 4.74 Å². The average molecular weight is 303 g/mol. The summed E-state index contributed by atoms with van der Waals surface area (Å²) in [5.41, 5.74) is 2.88. The third-order valence-corrected chi connectivity index (χ3v) is 5.10. The lowest BCUT2D eigenvalue weighted by Crippen LogP contribution is -2.49. The van der Waals surface area contributed by atoms with Gasteiger partial charge in [0.15, 0.2) is 0 Å². The van der Waals surface area contributed by atoms with E-state index in [2.05, 4.69) is 40.2 Å². The van der Waals surface area contributed by atoms with Gasteiger partial charge in [-0.3, -0.25) is 9.80 Å². The molecule has 0 saturated carbocycles. The number of likely N-dealkylation sites (tertiary alicyclic amines) is 1. The van der Waals surface area contributed by atoms with Crippen molar-refractivity contribution in [2.24, 2.45) is 0 Å². The second-order valence-electron chi connectivity index (χ2n) is 6.45. The van der Waals surface area contributed by atoms with Crippen molar-refractivity contribution in [3.8, 4) is 5.75 Å². The highest BCUT2D eigenvalue weighted by Gasteiger charge is 2.28. The number of benzene rings is 1. The first-order chi connectivity index (χ1) is 10.8. The lowest BCUT2D eigenvalue weighted by molar-refractivity contribution is 0.170. The molecule has 2 aliphatic heterocycles. The molecule has 1 N–H and O–H groups in total. The highest BCUT2D eigenvalue weighted by molar-refractivity contribution is 5.35. The Labute approximate surface area is 134 Å². The summed E-state index contributed by atoms with van der Waals surface area (Å²) in [6.45, 7) is 10.5. The molecule has 0 radical (unpaired) electrons. The predicted octanol–water partition coefficient (Wildman–Crippen LogP) is 1.74. The SMILES string of the molecule is CCc1cc(OC)ccc1CN1CCC(N2CCNCC2)C1. The number of piperazine rings is 1. The van der Waals surface area contributed by atoms with Gasteiger partial charge in [0.25, 0.3) is 0 Å². The Morgan fingerprint density at radius 3 is 2.73 bits per heavy atom. The summed E-state index contributed by atoms with van der Waals surface area (Å²) in [6, 6.07) is 7.29. The van der Waals surface area contributed by atoms with E-state index in [1.807, 2.05) is 0 Å². The maximum atomic E-state index is 5.35. The molecule has 2 fully saturated rings. The number of ether oxygens (including phenoxy) is 1. The summed E-state index contributed by atoms with van der Waals surface area (Å²) < 4.78 is 5.35. The molecule has 1 atom stereocenters. The van der Waals surface area contributed by atoms with Gasteiger partial charge in [0.1, 0.15) is 5.75 Å². The van der Waals surface area contributed by atoms with Crippen molar-refractivity contribution >= 4 is 0 Å². The number of aryl methyl sites for hydroxylation is 1. The highest BCUT2D eigenvalue weighted by atomic mass is 16.5. The first kappa shape index (κ1) is 15.8. The molecule has 3 rings (SSSR count). The average Bonchev–Trinajstić information content (AvgIpc) is 3.04. The number of methoxy groups -OCH3 is 1. The van der Waals surface area contributed by atoms with Gasteiger partial charge in [0.2, 0.25) is 0 Å². The Morgan fingerprint density at radius 2 is 2.00 bits per heavy atom. The fraction of sp³-hybridized carbons (Fsp3) is 0.667. The Morgan fingerprint density at radius 1 is 1.18 bits per heavy atom. The zero-order valence-electron chi connectivity index (χ0n) is 14.0. The molecule has 2 heterocycles. The van der Waals surface area contributed by atoms with E-state index in [0.29, 0.717) is 0 Å². The molecule has 2 saturated heterocycles. The van der Waals surface area contributed by atoms with Crippen molar-refractivity contribution in [3.05, 3.63) is 29.3 Å². The Kier molecular flexibility index (Phi) is 5.34. The number of hydrogen-bond donors (Lipinski definition) is 1. The third-order valence-electron chi connectivity index (χ3n) is 5.10. The zero-order valence-corrected chi connectivity index (χ0v) is 14.0. The van der Waals surface area contributed by atoms with Crippen LogP contribution in [0.1, 0.15) is 24.5 Å². The fourth-order valence-electron chi connectivity index (χ4n) is 3.75. The minimum absolute atomic E-state index is 0.755. The number of rotatable bonds is 5. The summed E-state index contributed by atoms with van der Waals surface area (Å²) in [6.07, 6.45) is 2.39. The molecular formula is C18H29N3O. The molecule has 122 valence electrons. The van der Waals surface area contributed by atoms with Crippen LogP contribution in [0.2, 0.25) is 0 Å². The largest absolute Gasteiger partial charge is 0.497 e. The summed E-state index contributed by atoms with van der Waals surface area (Å²) >= 11 is 0. The van der Waals surface area contributed by atoms with Gasteiger partial charge in [0.05, 0.1) is 7.11 Å². The summed E-state index contributed by atoms with van der Waals surface area (Å²) in [7, 11) is 1.74. The van der Waals surface area contributed by atoms with Crippen LogP contribution in [0, 0.1) is 0 Å². The van der Waals surface area contributed by atoms with Gasteiger partial charge >= 0.3 is 0 Å². The second-order valence-corrected chi connectivity index (χ2v) is 6.45. The lowest BCUT2D eigenvalue weighted by Gasteiger charge is -2.32. The van der Waals surface area contributed by atoms with Gasteiger partial charge in [-0.2, -0.15) is 0 Å². The fourth-order valence-corrected chi connectivity index (χ4v) is 3.75. The van der Waals surface area contributed by atoms with Crippen molar-refractivity contribution in [2.75, 3.05) is 46.4 Å². The van der Waals surface area contributed by atoms with Crippen molar-refractivity contribution in [1.82, 2.24) is 15.1 Å². The van der Waals surface area contributed by atoms with E-state index in [0.717, 1.165) is 37.8 Å². The molecule has 0 amide bonds. The second kappa shape index (κ2) is 7.44. The van der Waals surface area contributed by atoms with E-state index < -0.39 is 0 Å². The van der Waals surface area contributed by atoms with Crippen LogP contribution in [0.3, 0.4) is 0 Å². The van der Waals surface area contributed by atoms with E-state index in [9.17, 15) is 0 Å². The quantitative estimate of drug-likeness (QED) is 0.897. The van der Waals surface area contributed by atoms with Crippen molar-refractivity contribution in [2.45, 2.75) is 32.4 Å². The first-order valence-corrected chi connectivity index (χ1v) is 8.63. The molecule has 1 aromatic rings. The molecule has 4 nitrogen and oxygen atoms in total. The maximum absolute atomic E-state index is 5.35. The van der Waals surface area contributed by atoms with Crippen LogP contribution in [-0.2, 0) is 13.0 Å². The zero-order chi connectivity index (χ0) is 15.4. The van der Waals surface area contributed by atoms with Crippen molar-refractivity contribution in [3.63, 3.8) is 0 Å². The first-order valence-electron chi connectivity index (χ1n) is 8.63. The van der Waals surface area contributed by atoms with Gasteiger partial charge in [-0.05, 0) is 36.1 Å². The maximum Gasteiger partial charge on any atom is 0.119 e. The van der Waals surface area contributed by atoms with Crippen LogP contribution in [-0.4, -0.2) is 62.2 Å². The minimum atomic E-state index is 0.755. The number of hydrogen-bond acceptors (Lipinski definition) is 4. The molecule has 4 heteroatoms. The van der Waals surface area contributed by atoms with Crippen molar-refractivity contribution < 1.29 is 4.74 Å². The van der Waals surface area contributed by atoms with Gasteiger partial charge < -0.3 is 10.1 Å². The van der Waals surface area contributed by atoms with Crippen LogP contribution in [0.25, 0.3) is 0 Å². The molecular weight excluding hydrogens is 274 g/mol. The van der Waals surface area contributed by atoms with E-state index in [1.54, 1.807) is 7.11 Å². The van der Waals surface area contributed by atoms with Crippen LogP contribution >= 0.6 is 0 Å². The topological polar surface area (TPSA) is 27.7 Å². The van der Waals surface area contributed by atoms with E-state index >= 15 is 0 Å². The minimum Gasteiger partial charge on any atom is -0.497 e. The molecule has 0 bridgehead atoms. The molecule has 22 heavy (non-hydrogen) atoms. The van der Waals surface area contributed by atoms with Gasteiger partial charge in [-0.1, -0.05) is 13.0 Å². The normalized spacial score (nSPS) is 23.8. The van der Waals surface area contributed by atoms with Crippen LogP contribution in [0.5, 0.6) is 5.75 Å². The molecule has 0 aliphatic carbocycles. The van der Waals surface area contributed by atoms with E-state index in [1.165, 1.54) is 43.7 Å². The molecule has 1 aromatic carbocycles. The molecule has 2 aliphatic rings. The monoisotopic (exact) mass is 303 g/mol.